The molecule has 1 saturated carbocycles. The fourth-order valence-electron chi connectivity index (χ4n) is 3.63. The van der Waals surface area contributed by atoms with Crippen LogP contribution >= 0.6 is 11.3 Å². The molecule has 1 saturated heterocycles. The number of piperidine rings is 1. The number of carbonyl (C=O) groups is 2. The first-order chi connectivity index (χ1) is 11.6. The van der Waals surface area contributed by atoms with Crippen molar-refractivity contribution in [1.29, 1.82) is 0 Å². The molecule has 3 rings (SSSR count). The zero-order valence-corrected chi connectivity index (χ0v) is 14.8. The molecule has 2 heterocycles. The van der Waals surface area contributed by atoms with Gasteiger partial charge in [-0.25, -0.2) is 4.98 Å². The summed E-state index contributed by atoms with van der Waals surface area (Å²) in [6.07, 6.45) is 10.2. The Bertz CT molecular complexity index is 573. The van der Waals surface area contributed by atoms with Crippen molar-refractivity contribution in [3.63, 3.8) is 0 Å². The molecule has 2 aliphatic rings. The number of aromatic nitrogens is 1. The molecule has 2 amide bonds. The van der Waals surface area contributed by atoms with Crippen LogP contribution in [0.15, 0.2) is 6.20 Å². The van der Waals surface area contributed by atoms with Gasteiger partial charge in [0.05, 0.1) is 6.20 Å². The van der Waals surface area contributed by atoms with E-state index in [1.807, 2.05) is 4.90 Å². The number of hydrogen-bond acceptors (Lipinski definition) is 5. The van der Waals surface area contributed by atoms with Crippen molar-refractivity contribution in [3.05, 3.63) is 11.1 Å². The molecule has 6 nitrogen and oxygen atoms in total. The second-order valence-electron chi connectivity index (χ2n) is 6.83. The van der Waals surface area contributed by atoms with Crippen LogP contribution in [-0.4, -0.2) is 40.8 Å². The second kappa shape index (κ2) is 7.96. The monoisotopic (exact) mass is 350 g/mol. The van der Waals surface area contributed by atoms with Crippen LogP contribution in [0.5, 0.6) is 0 Å². The Labute approximate surface area is 146 Å². The molecule has 2 fully saturated rings. The standard InChI is InChI=1S/C17H26N4O2S/c18-17-19-11-14(24-17)16(23)21-9-7-12(8-10-21)15(22)20-13-5-3-1-2-4-6-13/h11-13H,1-10H2,(H2,18,19)(H,20,22). The van der Waals surface area contributed by atoms with Crippen molar-refractivity contribution < 1.29 is 9.59 Å². The number of nitrogens with two attached hydrogens (primary N) is 1. The minimum absolute atomic E-state index is 0.0215. The van der Waals surface area contributed by atoms with Crippen LogP contribution in [0.2, 0.25) is 0 Å². The van der Waals surface area contributed by atoms with E-state index >= 15 is 0 Å². The Kier molecular flexibility index (Phi) is 5.71. The summed E-state index contributed by atoms with van der Waals surface area (Å²) in [4.78, 5) is 31.2. The van der Waals surface area contributed by atoms with E-state index in [1.54, 1.807) is 0 Å². The third-order valence-electron chi connectivity index (χ3n) is 5.09. The third kappa shape index (κ3) is 4.26. The Hall–Kier alpha value is -1.63. The summed E-state index contributed by atoms with van der Waals surface area (Å²) in [5.41, 5.74) is 5.59. The molecule has 0 aromatic carbocycles. The van der Waals surface area contributed by atoms with Crippen molar-refractivity contribution >= 4 is 28.3 Å². The number of hydrogen-bond donors (Lipinski definition) is 2. The van der Waals surface area contributed by atoms with Gasteiger partial charge in [-0.15, -0.1) is 0 Å². The Balaban J connectivity index is 1.47. The van der Waals surface area contributed by atoms with Crippen molar-refractivity contribution in [2.45, 2.75) is 57.4 Å². The Morgan fingerprint density at radius 3 is 2.38 bits per heavy atom. The van der Waals surface area contributed by atoms with E-state index in [0.29, 0.717) is 29.1 Å². The molecular weight excluding hydrogens is 324 g/mol. The average molecular weight is 350 g/mol. The number of anilines is 1. The van der Waals surface area contributed by atoms with Crippen LogP contribution in [0.25, 0.3) is 0 Å². The van der Waals surface area contributed by atoms with E-state index in [4.69, 9.17) is 5.73 Å². The molecule has 0 bridgehead atoms. The minimum Gasteiger partial charge on any atom is -0.375 e. The summed E-state index contributed by atoms with van der Waals surface area (Å²) in [7, 11) is 0. The molecule has 1 aliphatic heterocycles. The highest BCUT2D eigenvalue weighted by Crippen LogP contribution is 2.23. The third-order valence-corrected chi connectivity index (χ3v) is 5.90. The number of carbonyl (C=O) groups excluding carboxylic acids is 2. The normalized spacial score (nSPS) is 20.6. The average Bonchev–Trinajstić information content (AvgIpc) is 2.87. The maximum absolute atomic E-state index is 12.5. The Morgan fingerprint density at radius 1 is 1.12 bits per heavy atom. The first kappa shape index (κ1) is 17.2. The molecule has 0 atom stereocenters. The predicted molar refractivity (Wildman–Crippen MR) is 94.8 cm³/mol. The van der Waals surface area contributed by atoms with Crippen LogP contribution < -0.4 is 11.1 Å². The first-order valence-corrected chi connectivity index (χ1v) is 9.76. The van der Waals surface area contributed by atoms with Crippen molar-refractivity contribution in [1.82, 2.24) is 15.2 Å². The number of nitrogens with zero attached hydrogens (tertiary/aromatic N) is 2. The van der Waals surface area contributed by atoms with Crippen molar-refractivity contribution in [2.24, 2.45) is 5.92 Å². The molecule has 3 N–H and O–H groups in total. The molecule has 1 aromatic heterocycles. The lowest BCUT2D eigenvalue weighted by atomic mass is 9.95. The number of nitrogens with one attached hydrogen (secondary N) is 1. The molecule has 0 spiro atoms. The zero-order chi connectivity index (χ0) is 16.9. The van der Waals surface area contributed by atoms with Gasteiger partial charge in [-0.2, -0.15) is 0 Å². The van der Waals surface area contributed by atoms with Crippen LogP contribution in [0.1, 0.15) is 61.0 Å². The largest absolute Gasteiger partial charge is 0.375 e. The lowest BCUT2D eigenvalue weighted by molar-refractivity contribution is -0.127. The topological polar surface area (TPSA) is 88.3 Å². The van der Waals surface area contributed by atoms with Gasteiger partial charge >= 0.3 is 0 Å². The fraction of sp³-hybridized carbons (Fsp3) is 0.706. The van der Waals surface area contributed by atoms with E-state index in [2.05, 4.69) is 10.3 Å². The summed E-state index contributed by atoms with van der Waals surface area (Å²) in [6.45, 7) is 1.25. The van der Waals surface area contributed by atoms with Gasteiger partial charge in [0.2, 0.25) is 5.91 Å². The molecule has 1 aromatic rings. The van der Waals surface area contributed by atoms with Gasteiger partial charge in [-0.05, 0) is 25.7 Å². The minimum atomic E-state index is -0.0215. The molecule has 24 heavy (non-hydrogen) atoms. The van der Waals surface area contributed by atoms with E-state index < -0.39 is 0 Å². The number of nitrogen functional groups attached to an aromatic ring is 1. The number of rotatable bonds is 3. The van der Waals surface area contributed by atoms with Gasteiger partial charge in [0.1, 0.15) is 4.88 Å². The molecule has 7 heteroatoms. The predicted octanol–water partition coefficient (Wildman–Crippen LogP) is 2.42. The number of likely N-dealkylation sites (tertiary alicyclic amines) is 1. The van der Waals surface area contributed by atoms with Crippen LogP contribution in [0, 0.1) is 5.92 Å². The SMILES string of the molecule is Nc1ncc(C(=O)N2CCC(C(=O)NC3CCCCCC3)CC2)s1. The maximum atomic E-state index is 12.5. The van der Waals surface area contributed by atoms with E-state index in [1.165, 1.54) is 43.2 Å². The van der Waals surface area contributed by atoms with Gasteiger partial charge in [0.15, 0.2) is 5.13 Å². The number of thiazole rings is 1. The summed E-state index contributed by atoms with van der Waals surface area (Å²) in [5, 5.41) is 3.65. The highest BCUT2D eigenvalue weighted by atomic mass is 32.1. The summed E-state index contributed by atoms with van der Waals surface area (Å²) in [6, 6.07) is 0.347. The fourth-order valence-corrected chi connectivity index (χ4v) is 4.28. The Morgan fingerprint density at radius 2 is 1.79 bits per heavy atom. The summed E-state index contributed by atoms with van der Waals surface area (Å²) in [5.74, 6) is 0.187. The molecule has 0 radical (unpaired) electrons. The van der Waals surface area contributed by atoms with Crippen LogP contribution in [-0.2, 0) is 4.79 Å². The quantitative estimate of drug-likeness (QED) is 0.820. The van der Waals surface area contributed by atoms with E-state index in [-0.39, 0.29) is 17.7 Å². The molecule has 0 unspecified atom stereocenters. The van der Waals surface area contributed by atoms with Crippen LogP contribution in [0.4, 0.5) is 5.13 Å². The van der Waals surface area contributed by atoms with E-state index in [0.717, 1.165) is 25.7 Å². The maximum Gasteiger partial charge on any atom is 0.265 e. The van der Waals surface area contributed by atoms with E-state index in [9.17, 15) is 9.59 Å². The smallest absolute Gasteiger partial charge is 0.265 e. The lowest BCUT2D eigenvalue weighted by Crippen LogP contribution is -2.45. The van der Waals surface area contributed by atoms with Crippen LogP contribution in [0.3, 0.4) is 0 Å². The van der Waals surface area contributed by atoms with Gasteiger partial charge in [0.25, 0.3) is 5.91 Å². The molecule has 1 aliphatic carbocycles. The highest BCUT2D eigenvalue weighted by molar-refractivity contribution is 7.17. The zero-order valence-electron chi connectivity index (χ0n) is 14.0. The van der Waals surface area contributed by atoms with Gasteiger partial charge in [-0.3, -0.25) is 9.59 Å². The second-order valence-corrected chi connectivity index (χ2v) is 7.89. The highest BCUT2D eigenvalue weighted by Gasteiger charge is 2.29. The van der Waals surface area contributed by atoms with Gasteiger partial charge in [0, 0.05) is 25.0 Å². The summed E-state index contributed by atoms with van der Waals surface area (Å²) < 4.78 is 0. The van der Waals surface area contributed by atoms with Gasteiger partial charge in [-0.1, -0.05) is 37.0 Å². The van der Waals surface area contributed by atoms with Crippen molar-refractivity contribution in [3.8, 4) is 0 Å². The van der Waals surface area contributed by atoms with Crippen molar-refractivity contribution in [2.75, 3.05) is 18.8 Å². The lowest BCUT2D eigenvalue weighted by Gasteiger charge is -2.31. The number of amides is 2. The first-order valence-electron chi connectivity index (χ1n) is 8.94. The van der Waals surface area contributed by atoms with Gasteiger partial charge < -0.3 is 16.0 Å². The summed E-state index contributed by atoms with van der Waals surface area (Å²) >= 11 is 1.22. The molecule has 132 valence electrons. The molecular formula is C17H26N4O2S.